The Bertz CT molecular complexity index is 1560. The minimum Gasteiger partial charge on any atom is -0.483 e. The van der Waals surface area contributed by atoms with E-state index in [1.54, 1.807) is 5.32 Å². The zero-order valence-corrected chi connectivity index (χ0v) is 25.9. The molecule has 0 aromatic carbocycles. The van der Waals surface area contributed by atoms with E-state index in [9.17, 15) is 42.3 Å². The summed E-state index contributed by atoms with van der Waals surface area (Å²) in [6, 6.07) is -2.40. The molecule has 2 saturated heterocycles. The second-order valence-electron chi connectivity index (χ2n) is 9.30. The van der Waals surface area contributed by atoms with Crippen LogP contribution in [0.2, 0.25) is 0 Å². The van der Waals surface area contributed by atoms with Gasteiger partial charge in [-0.25, -0.2) is 9.67 Å². The molecule has 26 heteroatoms. The molecule has 2 aliphatic heterocycles. The summed E-state index contributed by atoms with van der Waals surface area (Å²) in [7, 11) is 1.10. The maximum absolute atomic E-state index is 13.0. The number of nitrogens with zero attached hydrogens (tertiary/aromatic N) is 7. The van der Waals surface area contributed by atoms with E-state index in [2.05, 4.69) is 35.8 Å². The SMILES string of the molecule is CON=C(C(=O)NC1C(=O)N2CC(CSc3nnnn3CC(N)C(=O)O)(C(=O)O)CS[C@H]12)c1csc(NC(=O)C(F)(F)F)n1.O=CO. The molecule has 0 spiro atoms. The van der Waals surface area contributed by atoms with Crippen LogP contribution in [0, 0.1) is 5.41 Å². The summed E-state index contributed by atoms with van der Waals surface area (Å²) < 4.78 is 38.8. The van der Waals surface area contributed by atoms with Gasteiger partial charge in [-0.1, -0.05) is 16.9 Å². The van der Waals surface area contributed by atoms with Gasteiger partial charge in [-0.05, 0) is 10.4 Å². The number of aliphatic carboxylic acids is 2. The lowest BCUT2D eigenvalue weighted by atomic mass is 9.89. The smallest absolute Gasteiger partial charge is 0.471 e. The number of thiazole rings is 1. The van der Waals surface area contributed by atoms with Crippen molar-refractivity contribution in [2.24, 2.45) is 16.3 Å². The number of carbonyl (C=O) groups excluding carboxylic acids is 3. The summed E-state index contributed by atoms with van der Waals surface area (Å²) in [5, 5.41) is 44.7. The number of tetrazole rings is 1. The predicted octanol–water partition coefficient (Wildman–Crippen LogP) is -1.64. The van der Waals surface area contributed by atoms with Gasteiger partial charge in [0.05, 0.1) is 6.54 Å². The molecule has 2 aromatic rings. The second-order valence-corrected chi connectivity index (χ2v) is 12.2. The van der Waals surface area contributed by atoms with E-state index in [-0.39, 0.29) is 41.9 Å². The zero-order valence-electron chi connectivity index (χ0n) is 23.5. The van der Waals surface area contributed by atoms with Crippen LogP contribution in [0.1, 0.15) is 5.69 Å². The van der Waals surface area contributed by atoms with Gasteiger partial charge in [-0.3, -0.25) is 34.1 Å². The third kappa shape index (κ3) is 8.63. The van der Waals surface area contributed by atoms with Crippen LogP contribution < -0.4 is 16.4 Å². The van der Waals surface area contributed by atoms with Gasteiger partial charge < -0.3 is 36.1 Å². The fourth-order valence-corrected chi connectivity index (χ4v) is 7.34. The number of amides is 3. The minimum absolute atomic E-state index is 0.0136. The number of carboxylic acid groups (broad SMARTS) is 3. The summed E-state index contributed by atoms with van der Waals surface area (Å²) in [6.45, 7) is -0.728. The lowest BCUT2D eigenvalue weighted by Gasteiger charge is -2.53. The number of nitrogens with one attached hydrogen (secondary N) is 2. The molecular formula is C21H23F3N10O10S3. The lowest BCUT2D eigenvalue weighted by molar-refractivity contribution is -0.167. The number of oxime groups is 1. The van der Waals surface area contributed by atoms with Gasteiger partial charge in [-0.15, -0.1) is 28.2 Å². The monoisotopic (exact) mass is 728 g/mol. The summed E-state index contributed by atoms with van der Waals surface area (Å²) in [6.07, 6.45) is -5.16. The Morgan fingerprint density at radius 3 is 2.62 bits per heavy atom. The van der Waals surface area contributed by atoms with Crippen molar-refractivity contribution in [1.82, 2.24) is 35.4 Å². The van der Waals surface area contributed by atoms with E-state index in [0.29, 0.717) is 11.3 Å². The first-order chi connectivity index (χ1) is 22.1. The van der Waals surface area contributed by atoms with Crippen LogP contribution in [0.25, 0.3) is 0 Å². The number of thioether (sulfide) groups is 2. The predicted molar refractivity (Wildman–Crippen MR) is 153 cm³/mol. The van der Waals surface area contributed by atoms with Gasteiger partial charge in [-0.2, -0.15) is 13.2 Å². The van der Waals surface area contributed by atoms with Crippen molar-refractivity contribution in [3.8, 4) is 0 Å². The average molecular weight is 729 g/mol. The van der Waals surface area contributed by atoms with E-state index >= 15 is 0 Å². The highest BCUT2D eigenvalue weighted by molar-refractivity contribution is 8.00. The Morgan fingerprint density at radius 2 is 2.02 bits per heavy atom. The number of aromatic nitrogens is 5. The number of carbonyl (C=O) groups is 6. The first kappa shape index (κ1) is 36.9. The molecule has 3 amide bonds. The highest BCUT2D eigenvalue weighted by Crippen LogP contribution is 2.44. The lowest BCUT2D eigenvalue weighted by Crippen LogP contribution is -2.74. The Morgan fingerprint density at radius 1 is 1.34 bits per heavy atom. The second kappa shape index (κ2) is 15.4. The number of hydrogen-bond donors (Lipinski definition) is 6. The number of fused-ring (bicyclic) bond motifs is 1. The molecule has 2 aliphatic rings. The fourth-order valence-electron chi connectivity index (χ4n) is 3.90. The van der Waals surface area contributed by atoms with Crippen molar-refractivity contribution in [2.75, 3.05) is 30.5 Å². The normalized spacial score (nSPS) is 21.3. The molecule has 20 nitrogen and oxygen atoms in total. The molecule has 4 atom stereocenters. The minimum atomic E-state index is -5.16. The van der Waals surface area contributed by atoms with E-state index in [1.165, 1.54) is 4.90 Å². The number of halogens is 3. The standard InChI is InChI=1S/C20H21F3N10O8S3.CH2O2/c1-41-29-9(8-3-42-17(25-8)27-15(38)20(21,22)23)11(34)26-10-12(35)32-4-19(16(39)40,5-43-13(10)32)6-44-18-28-30-31-33(18)2-7(24)14(36)37;2-1-3/h3,7,10,13H,2,4-6,24H2,1H3,(H,26,34)(H,36,37)(H,39,40)(H,25,27,38);1H,(H,2,3)/t7?,10?,13-,19?;/m1./s1. The van der Waals surface area contributed by atoms with Crippen molar-refractivity contribution in [2.45, 2.75) is 35.3 Å². The summed E-state index contributed by atoms with van der Waals surface area (Å²) in [4.78, 5) is 78.7. The molecule has 47 heavy (non-hydrogen) atoms. The summed E-state index contributed by atoms with van der Waals surface area (Å²) in [5.41, 5.74) is 3.35. The fraction of sp³-hybridized carbons (Fsp3) is 0.476. The summed E-state index contributed by atoms with van der Waals surface area (Å²) in [5.74, 6) is -6.38. The van der Waals surface area contributed by atoms with Gasteiger partial charge in [0, 0.05) is 23.4 Å². The van der Waals surface area contributed by atoms with E-state index in [4.69, 9.17) is 20.7 Å². The third-order valence-corrected chi connectivity index (χ3v) is 9.76. The van der Waals surface area contributed by atoms with Crippen LogP contribution in [0.4, 0.5) is 18.3 Å². The Hall–Kier alpha value is -4.56. The number of anilines is 1. The average Bonchev–Trinajstić information content (AvgIpc) is 3.66. The maximum atomic E-state index is 13.0. The summed E-state index contributed by atoms with van der Waals surface area (Å²) >= 11 is 2.63. The molecule has 0 radical (unpaired) electrons. The number of nitrogens with two attached hydrogens (primary N) is 1. The highest BCUT2D eigenvalue weighted by atomic mass is 32.2. The number of β-lactam (4-membered cyclic amide) rings is 1. The quantitative estimate of drug-likeness (QED) is 0.0469. The Balaban J connectivity index is 0.00000192. The maximum Gasteiger partial charge on any atom is 0.471 e. The Labute approximate surface area is 272 Å². The van der Waals surface area contributed by atoms with Crippen LogP contribution in [-0.4, -0.2) is 136 Å². The van der Waals surface area contributed by atoms with Gasteiger partial charge in [0.1, 0.15) is 35.7 Å². The molecular weight excluding hydrogens is 705 g/mol. The first-order valence-electron chi connectivity index (χ1n) is 12.4. The van der Waals surface area contributed by atoms with Crippen molar-refractivity contribution < 1.29 is 62.1 Å². The van der Waals surface area contributed by atoms with Crippen LogP contribution in [0.5, 0.6) is 0 Å². The van der Waals surface area contributed by atoms with Crippen molar-refractivity contribution in [3.05, 3.63) is 11.1 Å². The van der Waals surface area contributed by atoms with Gasteiger partial charge >= 0.3 is 24.0 Å². The molecule has 4 rings (SSSR count). The third-order valence-electron chi connectivity index (χ3n) is 6.17. The van der Waals surface area contributed by atoms with Crippen LogP contribution in [0.3, 0.4) is 0 Å². The van der Waals surface area contributed by atoms with Crippen molar-refractivity contribution in [3.63, 3.8) is 0 Å². The molecule has 4 heterocycles. The van der Waals surface area contributed by atoms with Crippen molar-refractivity contribution >= 4 is 81.8 Å². The van der Waals surface area contributed by atoms with Crippen molar-refractivity contribution in [1.29, 1.82) is 0 Å². The van der Waals surface area contributed by atoms with Gasteiger partial charge in [0.15, 0.2) is 10.8 Å². The van der Waals surface area contributed by atoms with Gasteiger partial charge in [0.2, 0.25) is 11.1 Å². The zero-order chi connectivity index (χ0) is 35.1. The van der Waals surface area contributed by atoms with Crippen LogP contribution in [0.15, 0.2) is 15.7 Å². The van der Waals surface area contributed by atoms with Crippen LogP contribution in [-0.2, 0) is 40.1 Å². The molecule has 0 aliphatic carbocycles. The topological polar surface area (TPSA) is 295 Å². The number of carboxylic acids is 2. The van der Waals surface area contributed by atoms with E-state index in [0.717, 1.165) is 40.7 Å². The number of hydrogen-bond acceptors (Lipinski definition) is 16. The van der Waals surface area contributed by atoms with E-state index < -0.39 is 69.6 Å². The molecule has 0 bridgehead atoms. The Kier molecular flexibility index (Phi) is 12.1. The molecule has 0 saturated carbocycles. The molecule has 256 valence electrons. The number of rotatable bonds is 12. The number of alkyl halides is 3. The highest BCUT2D eigenvalue weighted by Gasteiger charge is 2.57. The van der Waals surface area contributed by atoms with Gasteiger partial charge in [0.25, 0.3) is 12.4 Å². The molecule has 3 unspecified atom stereocenters. The molecule has 7 N–H and O–H groups in total. The largest absolute Gasteiger partial charge is 0.483 e. The molecule has 2 aromatic heterocycles. The van der Waals surface area contributed by atoms with Crippen LogP contribution >= 0.6 is 34.9 Å². The molecule has 2 fully saturated rings. The first-order valence-corrected chi connectivity index (χ1v) is 15.4. The van der Waals surface area contributed by atoms with E-state index in [1.807, 2.05) is 0 Å².